The average Bonchev–Trinajstić information content (AvgIpc) is 2.48. The van der Waals surface area contributed by atoms with Crippen molar-refractivity contribution in [1.82, 2.24) is 9.97 Å². The molecule has 21 heavy (non-hydrogen) atoms. The number of anilines is 1. The first-order valence-electron chi connectivity index (χ1n) is 6.34. The third-order valence-electron chi connectivity index (χ3n) is 3.20. The highest BCUT2D eigenvalue weighted by Crippen LogP contribution is 2.24. The zero-order valence-corrected chi connectivity index (χ0v) is 11.7. The van der Waals surface area contributed by atoms with E-state index < -0.39 is 11.4 Å². The molecule has 0 saturated carbocycles. The third kappa shape index (κ3) is 3.05. The van der Waals surface area contributed by atoms with Crippen LogP contribution in [0.3, 0.4) is 0 Å². The molecule has 108 valence electrons. The van der Waals surface area contributed by atoms with Crippen LogP contribution in [0, 0.1) is 0 Å². The SMILES string of the molecule is CC(C)(C(=O)Nc1nccnc1C(=O)O)c1ccccc1. The Labute approximate surface area is 121 Å². The number of hydrogen-bond acceptors (Lipinski definition) is 4. The van der Waals surface area contributed by atoms with E-state index in [0.717, 1.165) is 5.56 Å². The molecule has 0 aliphatic heterocycles. The molecule has 2 aromatic rings. The second-order valence-electron chi connectivity index (χ2n) is 5.00. The lowest BCUT2D eigenvalue weighted by Crippen LogP contribution is -2.35. The fourth-order valence-corrected chi connectivity index (χ4v) is 1.84. The molecule has 0 unspecified atom stereocenters. The van der Waals surface area contributed by atoms with Crippen molar-refractivity contribution in [2.24, 2.45) is 0 Å². The van der Waals surface area contributed by atoms with Gasteiger partial charge in [0, 0.05) is 12.4 Å². The van der Waals surface area contributed by atoms with Crippen molar-refractivity contribution in [2.45, 2.75) is 19.3 Å². The van der Waals surface area contributed by atoms with E-state index in [1.54, 1.807) is 13.8 Å². The normalized spacial score (nSPS) is 11.0. The number of nitrogens with zero attached hydrogens (tertiary/aromatic N) is 2. The Morgan fingerprint density at radius 3 is 2.33 bits per heavy atom. The topological polar surface area (TPSA) is 92.2 Å². The molecule has 0 aliphatic carbocycles. The van der Waals surface area contributed by atoms with Crippen molar-refractivity contribution >= 4 is 17.7 Å². The van der Waals surface area contributed by atoms with Crippen LogP contribution >= 0.6 is 0 Å². The van der Waals surface area contributed by atoms with E-state index in [4.69, 9.17) is 5.11 Å². The maximum Gasteiger partial charge on any atom is 0.358 e. The van der Waals surface area contributed by atoms with Crippen LogP contribution in [-0.2, 0) is 10.2 Å². The van der Waals surface area contributed by atoms with Gasteiger partial charge >= 0.3 is 5.97 Å². The van der Waals surface area contributed by atoms with Crippen molar-refractivity contribution in [2.75, 3.05) is 5.32 Å². The summed E-state index contributed by atoms with van der Waals surface area (Å²) < 4.78 is 0. The van der Waals surface area contributed by atoms with Crippen molar-refractivity contribution in [3.8, 4) is 0 Å². The van der Waals surface area contributed by atoms with Gasteiger partial charge in [-0.1, -0.05) is 30.3 Å². The summed E-state index contributed by atoms with van der Waals surface area (Å²) in [5.41, 5.74) is -0.285. The van der Waals surface area contributed by atoms with E-state index in [0.29, 0.717) is 0 Å². The fraction of sp³-hybridized carbons (Fsp3) is 0.200. The number of carboxylic acids is 1. The molecule has 0 atom stereocenters. The number of nitrogens with one attached hydrogen (secondary N) is 1. The third-order valence-corrected chi connectivity index (χ3v) is 3.20. The van der Waals surface area contributed by atoms with Crippen LogP contribution in [-0.4, -0.2) is 27.0 Å². The Hall–Kier alpha value is -2.76. The molecule has 6 heteroatoms. The second-order valence-corrected chi connectivity index (χ2v) is 5.00. The quantitative estimate of drug-likeness (QED) is 0.897. The predicted octanol–water partition coefficient (Wildman–Crippen LogP) is 2.09. The van der Waals surface area contributed by atoms with Gasteiger partial charge in [-0.15, -0.1) is 0 Å². The summed E-state index contributed by atoms with van der Waals surface area (Å²) in [5, 5.41) is 11.6. The Bertz CT molecular complexity index is 669. The van der Waals surface area contributed by atoms with Gasteiger partial charge < -0.3 is 10.4 Å². The van der Waals surface area contributed by atoms with Gasteiger partial charge in [0.2, 0.25) is 5.91 Å². The summed E-state index contributed by atoms with van der Waals surface area (Å²) in [6.07, 6.45) is 2.60. The van der Waals surface area contributed by atoms with Crippen molar-refractivity contribution < 1.29 is 14.7 Å². The molecule has 1 aromatic carbocycles. The van der Waals surface area contributed by atoms with Crippen LogP contribution in [0.25, 0.3) is 0 Å². The minimum absolute atomic E-state index is 0.0565. The number of carboxylic acid groups (broad SMARTS) is 1. The smallest absolute Gasteiger partial charge is 0.358 e. The van der Waals surface area contributed by atoms with E-state index in [1.165, 1.54) is 12.4 Å². The minimum atomic E-state index is -1.24. The van der Waals surface area contributed by atoms with Crippen LogP contribution < -0.4 is 5.32 Å². The highest BCUT2D eigenvalue weighted by atomic mass is 16.4. The Morgan fingerprint density at radius 2 is 1.71 bits per heavy atom. The minimum Gasteiger partial charge on any atom is -0.476 e. The molecule has 2 rings (SSSR count). The first kappa shape index (κ1) is 14.6. The summed E-state index contributed by atoms with van der Waals surface area (Å²) in [4.78, 5) is 31.1. The van der Waals surface area contributed by atoms with Gasteiger partial charge in [-0.25, -0.2) is 14.8 Å². The number of carbonyl (C=O) groups is 2. The number of benzene rings is 1. The highest BCUT2D eigenvalue weighted by Gasteiger charge is 2.31. The molecular weight excluding hydrogens is 270 g/mol. The van der Waals surface area contributed by atoms with E-state index in [-0.39, 0.29) is 17.4 Å². The highest BCUT2D eigenvalue weighted by molar-refractivity contribution is 6.02. The first-order valence-corrected chi connectivity index (χ1v) is 6.34. The van der Waals surface area contributed by atoms with Crippen LogP contribution in [0.4, 0.5) is 5.82 Å². The average molecular weight is 285 g/mol. The lowest BCUT2D eigenvalue weighted by atomic mass is 9.84. The first-order chi connectivity index (χ1) is 9.93. The Morgan fingerprint density at radius 1 is 1.10 bits per heavy atom. The van der Waals surface area contributed by atoms with Gasteiger partial charge in [-0.3, -0.25) is 4.79 Å². The summed E-state index contributed by atoms with van der Waals surface area (Å²) in [6, 6.07) is 9.23. The zero-order valence-electron chi connectivity index (χ0n) is 11.7. The van der Waals surface area contributed by atoms with Crippen molar-refractivity contribution in [3.05, 3.63) is 54.0 Å². The zero-order chi connectivity index (χ0) is 15.5. The molecule has 0 aliphatic rings. The van der Waals surface area contributed by atoms with Gasteiger partial charge in [-0.2, -0.15) is 0 Å². The maximum atomic E-state index is 12.4. The number of aromatic carboxylic acids is 1. The summed E-state index contributed by atoms with van der Waals surface area (Å²) in [5.74, 6) is -1.65. The van der Waals surface area contributed by atoms with Crippen molar-refractivity contribution in [3.63, 3.8) is 0 Å². The standard InChI is InChI=1S/C15H15N3O3/c1-15(2,10-6-4-3-5-7-10)14(21)18-12-11(13(19)20)16-8-9-17-12/h3-9H,1-2H3,(H,19,20)(H,17,18,21). The Balaban J connectivity index is 2.28. The second kappa shape index (κ2) is 5.70. The molecule has 1 heterocycles. The largest absolute Gasteiger partial charge is 0.476 e. The van der Waals surface area contributed by atoms with Crippen LogP contribution in [0.5, 0.6) is 0 Å². The molecule has 0 fully saturated rings. The molecule has 1 amide bonds. The van der Waals surface area contributed by atoms with Crippen LogP contribution in [0.2, 0.25) is 0 Å². The molecule has 0 saturated heterocycles. The number of aromatic nitrogens is 2. The molecule has 6 nitrogen and oxygen atoms in total. The summed E-state index contributed by atoms with van der Waals surface area (Å²) in [6.45, 7) is 3.52. The number of amides is 1. The monoisotopic (exact) mass is 285 g/mol. The van der Waals surface area contributed by atoms with Crippen LogP contribution in [0.15, 0.2) is 42.7 Å². The number of carbonyl (C=O) groups excluding carboxylic acids is 1. The van der Waals surface area contributed by atoms with E-state index >= 15 is 0 Å². The maximum absolute atomic E-state index is 12.4. The van der Waals surface area contributed by atoms with E-state index in [2.05, 4.69) is 15.3 Å². The van der Waals surface area contributed by atoms with Gasteiger partial charge in [0.1, 0.15) is 0 Å². The van der Waals surface area contributed by atoms with Crippen LogP contribution in [0.1, 0.15) is 29.9 Å². The lowest BCUT2D eigenvalue weighted by Gasteiger charge is -2.24. The summed E-state index contributed by atoms with van der Waals surface area (Å²) in [7, 11) is 0. The molecule has 1 aromatic heterocycles. The molecule has 0 bridgehead atoms. The number of hydrogen-bond donors (Lipinski definition) is 2. The fourth-order valence-electron chi connectivity index (χ4n) is 1.84. The van der Waals surface area contributed by atoms with Gasteiger partial charge in [0.05, 0.1) is 5.41 Å². The predicted molar refractivity (Wildman–Crippen MR) is 77.1 cm³/mol. The molecular formula is C15H15N3O3. The summed E-state index contributed by atoms with van der Waals surface area (Å²) >= 11 is 0. The van der Waals surface area contributed by atoms with Gasteiger partial charge in [0.25, 0.3) is 0 Å². The van der Waals surface area contributed by atoms with Gasteiger partial charge in [0.15, 0.2) is 11.5 Å². The Kier molecular flexibility index (Phi) is 3.98. The molecule has 2 N–H and O–H groups in total. The van der Waals surface area contributed by atoms with E-state index in [1.807, 2.05) is 30.3 Å². The molecule has 0 radical (unpaired) electrons. The molecule has 0 spiro atoms. The van der Waals surface area contributed by atoms with Crippen molar-refractivity contribution in [1.29, 1.82) is 0 Å². The van der Waals surface area contributed by atoms with E-state index in [9.17, 15) is 9.59 Å². The lowest BCUT2D eigenvalue weighted by molar-refractivity contribution is -0.120. The van der Waals surface area contributed by atoms with Gasteiger partial charge in [-0.05, 0) is 19.4 Å². The number of rotatable bonds is 4.